The molecule has 0 aromatic carbocycles. The average Bonchev–Trinajstić information content (AvgIpc) is 2.88. The van der Waals surface area contributed by atoms with E-state index in [1.54, 1.807) is 14.2 Å². The topological polar surface area (TPSA) is 40.2 Å². The number of ether oxygens (including phenoxy) is 2. The van der Waals surface area contributed by atoms with E-state index in [-0.39, 0.29) is 0 Å². The van der Waals surface area contributed by atoms with Crippen LogP contribution in [0.15, 0.2) is 0 Å². The van der Waals surface area contributed by atoms with E-state index in [0.29, 0.717) is 18.9 Å². The first-order chi connectivity index (χ1) is 5.70. The predicted octanol–water partition coefficient (Wildman–Crippen LogP) is 0.306. The Morgan fingerprint density at radius 2 is 2.00 bits per heavy atom. The van der Waals surface area contributed by atoms with Crippen LogP contribution in [0.25, 0.3) is 0 Å². The minimum absolute atomic E-state index is 0.317. The monoisotopic (exact) mass is 192 g/mol. The van der Waals surface area contributed by atoms with E-state index in [2.05, 4.69) is 0 Å². The Bertz CT molecular complexity index is 133. The van der Waals surface area contributed by atoms with Crippen LogP contribution in [-0.2, 0) is 18.3 Å². The van der Waals surface area contributed by atoms with Crippen molar-refractivity contribution >= 4 is 8.56 Å². The molecule has 1 fully saturated rings. The fourth-order valence-corrected chi connectivity index (χ4v) is 1.63. The fraction of sp³-hybridized carbons (Fsp3) is 1.00. The van der Waals surface area contributed by atoms with Gasteiger partial charge in [0, 0.05) is 14.2 Å². The van der Waals surface area contributed by atoms with Crippen LogP contribution >= 0.6 is 0 Å². The average molecular weight is 192 g/mol. The highest BCUT2D eigenvalue weighted by Gasteiger charge is 2.31. The van der Waals surface area contributed by atoms with E-state index in [4.69, 9.17) is 18.3 Å². The lowest BCUT2D eigenvalue weighted by molar-refractivity contribution is 0.114. The summed E-state index contributed by atoms with van der Waals surface area (Å²) >= 11 is 0. The molecule has 0 N–H and O–H groups in total. The third-order valence-corrected chi connectivity index (χ3v) is 4.39. The minimum atomic E-state index is -2.01. The van der Waals surface area contributed by atoms with Crippen molar-refractivity contribution in [1.82, 2.24) is 0 Å². The molecule has 1 rings (SSSR count). The molecule has 0 aromatic rings. The van der Waals surface area contributed by atoms with Crippen LogP contribution < -0.4 is 0 Å². The smallest absolute Gasteiger partial charge is 0.361 e. The number of hydrogen-bond donors (Lipinski definition) is 0. The molecule has 0 bridgehead atoms. The van der Waals surface area contributed by atoms with Gasteiger partial charge in [0.2, 0.25) is 0 Å². The summed E-state index contributed by atoms with van der Waals surface area (Å²) in [4.78, 5) is 0. The molecule has 0 radical (unpaired) electrons. The molecular formula is C7H16O4Si. The van der Waals surface area contributed by atoms with Gasteiger partial charge < -0.3 is 18.3 Å². The summed E-state index contributed by atoms with van der Waals surface area (Å²) in [5.41, 5.74) is 0. The molecule has 0 aliphatic carbocycles. The molecule has 0 spiro atoms. The quantitative estimate of drug-likeness (QED) is 0.448. The van der Waals surface area contributed by atoms with Crippen molar-refractivity contribution in [1.29, 1.82) is 0 Å². The van der Waals surface area contributed by atoms with Gasteiger partial charge in [0.05, 0.1) is 19.4 Å². The van der Waals surface area contributed by atoms with Crippen molar-refractivity contribution in [2.75, 3.05) is 33.7 Å². The van der Waals surface area contributed by atoms with Crippen molar-refractivity contribution < 1.29 is 18.3 Å². The second kappa shape index (κ2) is 4.34. The van der Waals surface area contributed by atoms with E-state index >= 15 is 0 Å². The Kier molecular flexibility index (Phi) is 3.67. The Labute approximate surface area is 74.0 Å². The summed E-state index contributed by atoms with van der Waals surface area (Å²) in [7, 11) is 1.30. The lowest BCUT2D eigenvalue weighted by atomic mass is 10.5. The molecule has 0 saturated carbocycles. The molecule has 1 atom stereocenters. The van der Waals surface area contributed by atoms with Crippen molar-refractivity contribution in [3.63, 3.8) is 0 Å². The first kappa shape index (κ1) is 10.1. The Morgan fingerprint density at radius 3 is 2.42 bits per heavy atom. The van der Waals surface area contributed by atoms with Crippen LogP contribution in [-0.4, -0.2) is 48.3 Å². The van der Waals surface area contributed by atoms with Crippen LogP contribution in [0.3, 0.4) is 0 Å². The maximum Gasteiger partial charge on any atom is 0.361 e. The number of epoxide rings is 1. The molecule has 5 heteroatoms. The zero-order chi connectivity index (χ0) is 9.03. The van der Waals surface area contributed by atoms with Crippen LogP contribution in [0.1, 0.15) is 0 Å². The molecule has 0 aromatic heterocycles. The lowest BCUT2D eigenvalue weighted by Crippen LogP contribution is -2.42. The Morgan fingerprint density at radius 1 is 1.42 bits per heavy atom. The molecule has 1 aliphatic rings. The van der Waals surface area contributed by atoms with Gasteiger partial charge in [-0.1, -0.05) is 0 Å². The van der Waals surface area contributed by atoms with Crippen molar-refractivity contribution in [2.24, 2.45) is 0 Å². The Hall–Kier alpha value is 0.0569. The molecule has 12 heavy (non-hydrogen) atoms. The molecule has 1 saturated heterocycles. The Balaban J connectivity index is 2.08. The zero-order valence-corrected chi connectivity index (χ0v) is 8.83. The van der Waals surface area contributed by atoms with Gasteiger partial charge in [0.25, 0.3) is 0 Å². The zero-order valence-electron chi connectivity index (χ0n) is 7.83. The van der Waals surface area contributed by atoms with Crippen molar-refractivity contribution in [2.45, 2.75) is 12.7 Å². The van der Waals surface area contributed by atoms with Crippen LogP contribution in [0.2, 0.25) is 6.55 Å². The third-order valence-electron chi connectivity index (χ3n) is 1.93. The lowest BCUT2D eigenvalue weighted by Gasteiger charge is -2.21. The standard InChI is InChI=1S/C7H16O4Si/c1-8-12(3,9-2)6-10-4-7-5-11-7/h7H,4-6H2,1-3H3. The largest absolute Gasteiger partial charge is 0.396 e. The summed E-state index contributed by atoms with van der Waals surface area (Å²) in [5.74, 6) is 0. The summed E-state index contributed by atoms with van der Waals surface area (Å²) in [6.07, 6.45) is 0.886. The van der Waals surface area contributed by atoms with Crippen molar-refractivity contribution in [3.05, 3.63) is 0 Å². The van der Waals surface area contributed by atoms with Gasteiger partial charge in [0.1, 0.15) is 6.10 Å². The molecule has 1 heterocycles. The van der Waals surface area contributed by atoms with Gasteiger partial charge in [-0.15, -0.1) is 0 Å². The van der Waals surface area contributed by atoms with E-state index in [9.17, 15) is 0 Å². The minimum Gasteiger partial charge on any atom is -0.396 e. The molecule has 4 nitrogen and oxygen atoms in total. The van der Waals surface area contributed by atoms with Crippen LogP contribution in [0.4, 0.5) is 0 Å². The highest BCUT2D eigenvalue weighted by molar-refractivity contribution is 6.65. The highest BCUT2D eigenvalue weighted by atomic mass is 28.4. The van der Waals surface area contributed by atoms with Gasteiger partial charge in [-0.3, -0.25) is 0 Å². The first-order valence-electron chi connectivity index (χ1n) is 4.00. The normalized spacial score (nSPS) is 22.8. The summed E-state index contributed by atoms with van der Waals surface area (Å²) in [6, 6.07) is 0. The third kappa shape index (κ3) is 3.20. The van der Waals surface area contributed by atoms with Gasteiger partial charge in [-0.25, -0.2) is 0 Å². The SMILES string of the molecule is CO[Si](C)(COCC1CO1)OC. The van der Waals surface area contributed by atoms with E-state index in [1.807, 2.05) is 6.55 Å². The number of rotatable bonds is 6. The number of hydrogen-bond acceptors (Lipinski definition) is 4. The summed E-state index contributed by atoms with van der Waals surface area (Å²) in [6.45, 7) is 3.47. The maximum absolute atomic E-state index is 5.39. The van der Waals surface area contributed by atoms with Crippen LogP contribution in [0.5, 0.6) is 0 Å². The van der Waals surface area contributed by atoms with Gasteiger partial charge in [-0.05, 0) is 6.55 Å². The fourth-order valence-electron chi connectivity index (χ4n) is 0.741. The van der Waals surface area contributed by atoms with Gasteiger partial charge >= 0.3 is 8.56 Å². The summed E-state index contributed by atoms with van der Waals surface area (Å²) in [5, 5.41) is 0. The van der Waals surface area contributed by atoms with Gasteiger partial charge in [-0.2, -0.15) is 0 Å². The molecule has 1 unspecified atom stereocenters. The first-order valence-corrected chi connectivity index (χ1v) is 6.52. The van der Waals surface area contributed by atoms with E-state index in [0.717, 1.165) is 6.61 Å². The highest BCUT2D eigenvalue weighted by Crippen LogP contribution is 2.10. The molecule has 72 valence electrons. The molecule has 1 aliphatic heterocycles. The maximum atomic E-state index is 5.39. The second-order valence-corrected chi connectivity index (χ2v) is 6.39. The van der Waals surface area contributed by atoms with Crippen LogP contribution in [0, 0.1) is 0 Å². The van der Waals surface area contributed by atoms with Crippen molar-refractivity contribution in [3.8, 4) is 0 Å². The van der Waals surface area contributed by atoms with Gasteiger partial charge in [0.15, 0.2) is 0 Å². The van der Waals surface area contributed by atoms with E-state index in [1.165, 1.54) is 0 Å². The molecule has 0 amide bonds. The summed E-state index contributed by atoms with van der Waals surface area (Å²) < 4.78 is 20.9. The van der Waals surface area contributed by atoms with E-state index < -0.39 is 8.56 Å². The predicted molar refractivity (Wildman–Crippen MR) is 46.2 cm³/mol. The second-order valence-electron chi connectivity index (χ2n) is 3.01. The molecular weight excluding hydrogens is 176 g/mol.